The van der Waals surface area contributed by atoms with Crippen LogP contribution in [0.15, 0.2) is 42.6 Å². The number of imidazole rings is 1. The number of aromatic carboxylic acids is 2. The molecule has 0 aliphatic carbocycles. The lowest BCUT2D eigenvalue weighted by Gasteiger charge is -2.03. The number of nitrogens with zero attached hydrogens (tertiary/aromatic N) is 2. The van der Waals surface area contributed by atoms with Gasteiger partial charge in [0, 0.05) is 16.8 Å². The topological polar surface area (TPSA) is 91.9 Å². The molecule has 0 radical (unpaired) electrons. The van der Waals surface area contributed by atoms with Crippen LogP contribution in [-0.2, 0) is 0 Å². The van der Waals surface area contributed by atoms with E-state index in [4.69, 9.17) is 16.7 Å². The van der Waals surface area contributed by atoms with Crippen LogP contribution in [0.3, 0.4) is 0 Å². The highest BCUT2D eigenvalue weighted by molar-refractivity contribution is 6.30. The molecule has 0 saturated carbocycles. The molecule has 3 rings (SSSR count). The predicted molar refractivity (Wildman–Crippen MR) is 79.6 cm³/mol. The minimum absolute atomic E-state index is 0.0325. The molecule has 22 heavy (non-hydrogen) atoms. The monoisotopic (exact) mass is 316 g/mol. The summed E-state index contributed by atoms with van der Waals surface area (Å²) in [5.41, 5.74) is 0.794. The van der Waals surface area contributed by atoms with Crippen molar-refractivity contribution in [2.45, 2.75) is 0 Å². The van der Waals surface area contributed by atoms with E-state index >= 15 is 0 Å². The molecule has 6 nitrogen and oxygen atoms in total. The van der Waals surface area contributed by atoms with Crippen LogP contribution in [0.2, 0.25) is 5.02 Å². The third kappa shape index (κ3) is 2.29. The highest BCUT2D eigenvalue weighted by Crippen LogP contribution is 2.25. The largest absolute Gasteiger partial charge is 0.478 e. The molecule has 3 aromatic rings. The molecule has 0 amide bonds. The van der Waals surface area contributed by atoms with Crippen molar-refractivity contribution in [3.63, 3.8) is 0 Å². The van der Waals surface area contributed by atoms with Gasteiger partial charge in [-0.15, -0.1) is 0 Å². The Morgan fingerprint density at radius 2 is 1.86 bits per heavy atom. The van der Waals surface area contributed by atoms with Crippen LogP contribution >= 0.6 is 11.6 Å². The van der Waals surface area contributed by atoms with E-state index in [2.05, 4.69) is 4.98 Å². The van der Waals surface area contributed by atoms with E-state index in [0.717, 1.165) is 0 Å². The smallest absolute Gasteiger partial charge is 0.356 e. The lowest BCUT2D eigenvalue weighted by Crippen LogP contribution is -2.00. The molecule has 110 valence electrons. The summed E-state index contributed by atoms with van der Waals surface area (Å²) in [6.07, 6.45) is 1.34. The lowest BCUT2D eigenvalue weighted by molar-refractivity contribution is 0.0685. The quantitative estimate of drug-likeness (QED) is 0.774. The normalized spacial score (nSPS) is 10.8. The lowest BCUT2D eigenvalue weighted by atomic mass is 10.2. The molecular formula is C15H9ClN2O4. The van der Waals surface area contributed by atoms with Gasteiger partial charge in [-0.2, -0.15) is 0 Å². The van der Waals surface area contributed by atoms with E-state index in [1.807, 2.05) is 0 Å². The van der Waals surface area contributed by atoms with Crippen LogP contribution < -0.4 is 0 Å². The first-order valence-corrected chi connectivity index (χ1v) is 6.60. The average Bonchev–Trinajstić information content (AvgIpc) is 2.86. The SMILES string of the molecule is O=C(O)c1ccc2c(C(=O)O)nc(-c3cccc(Cl)c3)n2c1. The highest BCUT2D eigenvalue weighted by atomic mass is 35.5. The van der Waals surface area contributed by atoms with Gasteiger partial charge < -0.3 is 10.2 Å². The number of carboxylic acid groups (broad SMARTS) is 2. The average molecular weight is 317 g/mol. The molecule has 1 aromatic carbocycles. The third-order valence-corrected chi connectivity index (χ3v) is 3.40. The summed E-state index contributed by atoms with van der Waals surface area (Å²) in [7, 11) is 0. The molecule has 0 unspecified atom stereocenters. The zero-order valence-corrected chi connectivity index (χ0v) is 11.8. The van der Waals surface area contributed by atoms with Crippen LogP contribution in [0.25, 0.3) is 16.9 Å². The van der Waals surface area contributed by atoms with Crippen LogP contribution in [0, 0.1) is 0 Å². The summed E-state index contributed by atoms with van der Waals surface area (Å²) in [5, 5.41) is 18.8. The molecule has 2 heterocycles. The Kier molecular flexibility index (Phi) is 3.30. The van der Waals surface area contributed by atoms with Gasteiger partial charge in [-0.05, 0) is 24.3 Å². The molecule has 2 N–H and O–H groups in total. The summed E-state index contributed by atoms with van der Waals surface area (Å²) in [5.74, 6) is -1.98. The Morgan fingerprint density at radius 1 is 1.09 bits per heavy atom. The fourth-order valence-corrected chi connectivity index (χ4v) is 2.39. The van der Waals surface area contributed by atoms with Gasteiger partial charge in [0.2, 0.25) is 0 Å². The number of halogens is 1. The molecule has 0 bridgehead atoms. The zero-order chi connectivity index (χ0) is 15.9. The van der Waals surface area contributed by atoms with Crippen LogP contribution in [-0.4, -0.2) is 31.5 Å². The fraction of sp³-hybridized carbons (Fsp3) is 0. The molecule has 0 fully saturated rings. The van der Waals surface area contributed by atoms with E-state index in [0.29, 0.717) is 21.9 Å². The number of hydrogen-bond donors (Lipinski definition) is 2. The summed E-state index contributed by atoms with van der Waals surface area (Å²) >= 11 is 5.95. The molecule has 0 aliphatic rings. The molecule has 0 spiro atoms. The van der Waals surface area contributed by atoms with E-state index in [9.17, 15) is 14.7 Å². The first kappa shape index (κ1) is 14.1. The van der Waals surface area contributed by atoms with Gasteiger partial charge in [0.15, 0.2) is 5.69 Å². The Bertz CT molecular complexity index is 917. The summed E-state index contributed by atoms with van der Waals surface area (Å²) in [4.78, 5) is 26.6. The fourth-order valence-electron chi connectivity index (χ4n) is 2.20. The number of aromatic nitrogens is 2. The first-order chi connectivity index (χ1) is 10.5. The van der Waals surface area contributed by atoms with Crippen LogP contribution in [0.5, 0.6) is 0 Å². The molecule has 0 aliphatic heterocycles. The summed E-state index contributed by atoms with van der Waals surface area (Å²) in [6, 6.07) is 9.51. The standard InChI is InChI=1S/C15H9ClN2O4/c16-10-3-1-2-8(6-10)13-17-12(15(21)22)11-5-4-9(14(19)20)7-18(11)13/h1-7H,(H,19,20)(H,21,22). The number of hydrogen-bond acceptors (Lipinski definition) is 3. The maximum Gasteiger partial charge on any atom is 0.356 e. The van der Waals surface area contributed by atoms with E-state index in [1.165, 1.54) is 22.7 Å². The van der Waals surface area contributed by atoms with Gasteiger partial charge in [0.1, 0.15) is 5.82 Å². The van der Waals surface area contributed by atoms with Crippen molar-refractivity contribution < 1.29 is 19.8 Å². The number of fused-ring (bicyclic) bond motifs is 1. The third-order valence-electron chi connectivity index (χ3n) is 3.17. The van der Waals surface area contributed by atoms with Crippen molar-refractivity contribution in [2.75, 3.05) is 0 Å². The Balaban J connectivity index is 2.35. The maximum absolute atomic E-state index is 11.3. The Morgan fingerprint density at radius 3 is 2.50 bits per heavy atom. The summed E-state index contributed by atoms with van der Waals surface area (Å²) < 4.78 is 1.44. The van der Waals surface area contributed by atoms with Gasteiger partial charge >= 0.3 is 11.9 Å². The highest BCUT2D eigenvalue weighted by Gasteiger charge is 2.19. The van der Waals surface area contributed by atoms with E-state index in [1.54, 1.807) is 24.3 Å². The van der Waals surface area contributed by atoms with Crippen LogP contribution in [0.4, 0.5) is 0 Å². The Hall–Kier alpha value is -2.86. The van der Waals surface area contributed by atoms with Crippen molar-refractivity contribution in [2.24, 2.45) is 0 Å². The molecule has 0 atom stereocenters. The number of carbonyl (C=O) groups is 2. The van der Waals surface area contributed by atoms with Crippen molar-refractivity contribution >= 4 is 29.1 Å². The Labute approximate surface area is 129 Å². The van der Waals surface area contributed by atoms with Gasteiger partial charge in [-0.3, -0.25) is 4.40 Å². The second-order valence-electron chi connectivity index (χ2n) is 4.58. The minimum Gasteiger partial charge on any atom is -0.478 e. The van der Waals surface area contributed by atoms with Gasteiger partial charge in [0.05, 0.1) is 11.1 Å². The van der Waals surface area contributed by atoms with Crippen molar-refractivity contribution in [3.8, 4) is 11.4 Å². The number of pyridine rings is 1. The van der Waals surface area contributed by atoms with Gasteiger partial charge in [-0.25, -0.2) is 14.6 Å². The maximum atomic E-state index is 11.3. The number of benzene rings is 1. The van der Waals surface area contributed by atoms with Gasteiger partial charge in [0.25, 0.3) is 0 Å². The van der Waals surface area contributed by atoms with Crippen molar-refractivity contribution in [3.05, 3.63) is 58.9 Å². The van der Waals surface area contributed by atoms with Crippen LogP contribution in [0.1, 0.15) is 20.8 Å². The first-order valence-electron chi connectivity index (χ1n) is 6.22. The van der Waals surface area contributed by atoms with E-state index < -0.39 is 11.9 Å². The van der Waals surface area contributed by atoms with Crippen molar-refractivity contribution in [1.82, 2.24) is 9.38 Å². The minimum atomic E-state index is -1.19. The molecule has 7 heteroatoms. The molecule has 2 aromatic heterocycles. The zero-order valence-electron chi connectivity index (χ0n) is 11.0. The second kappa shape index (κ2) is 5.16. The predicted octanol–water partition coefficient (Wildman–Crippen LogP) is 3.05. The number of carboxylic acids is 2. The molecular weight excluding hydrogens is 308 g/mol. The van der Waals surface area contributed by atoms with E-state index in [-0.39, 0.29) is 11.3 Å². The van der Waals surface area contributed by atoms with Crippen molar-refractivity contribution in [1.29, 1.82) is 0 Å². The number of rotatable bonds is 3. The van der Waals surface area contributed by atoms with Gasteiger partial charge in [-0.1, -0.05) is 23.7 Å². The molecule has 0 saturated heterocycles. The summed E-state index contributed by atoms with van der Waals surface area (Å²) in [6.45, 7) is 0. The second-order valence-corrected chi connectivity index (χ2v) is 5.01.